The number of aliphatic hydroxyl groups is 2. The van der Waals surface area contributed by atoms with Gasteiger partial charge in [0.1, 0.15) is 0 Å². The van der Waals surface area contributed by atoms with Crippen molar-refractivity contribution < 1.29 is 10.2 Å². The molecule has 2 unspecified atom stereocenters. The van der Waals surface area contributed by atoms with Crippen molar-refractivity contribution in [3.05, 3.63) is 0 Å². The largest absolute Gasteiger partial charge is 0.393 e. The van der Waals surface area contributed by atoms with Gasteiger partial charge in [-0.25, -0.2) is 0 Å². The van der Waals surface area contributed by atoms with Gasteiger partial charge in [-0.3, -0.25) is 0 Å². The van der Waals surface area contributed by atoms with E-state index in [0.717, 1.165) is 38.6 Å². The molecule has 0 spiro atoms. The number of nitrogens with one attached hydrogen (secondary N) is 1. The lowest BCUT2D eigenvalue weighted by Gasteiger charge is -2.32. The van der Waals surface area contributed by atoms with Crippen molar-refractivity contribution in [1.29, 1.82) is 0 Å². The second-order valence-corrected chi connectivity index (χ2v) is 5.55. The Morgan fingerprint density at radius 3 is 2.50 bits per heavy atom. The first-order valence-electron chi connectivity index (χ1n) is 6.85. The fourth-order valence-corrected chi connectivity index (χ4v) is 3.12. The first-order chi connectivity index (χ1) is 7.75. The van der Waals surface area contributed by atoms with Gasteiger partial charge in [-0.15, -0.1) is 0 Å². The van der Waals surface area contributed by atoms with Crippen LogP contribution in [0.5, 0.6) is 0 Å². The Balaban J connectivity index is 1.69. The van der Waals surface area contributed by atoms with E-state index in [1.165, 1.54) is 19.3 Å². The lowest BCUT2D eigenvalue weighted by molar-refractivity contribution is 0.0757. The zero-order chi connectivity index (χ0) is 11.4. The molecule has 0 aromatic carbocycles. The molecule has 0 amide bonds. The van der Waals surface area contributed by atoms with Gasteiger partial charge >= 0.3 is 0 Å². The molecular weight excluding hydrogens is 202 g/mol. The van der Waals surface area contributed by atoms with Gasteiger partial charge in [0, 0.05) is 6.04 Å². The van der Waals surface area contributed by atoms with Gasteiger partial charge < -0.3 is 15.5 Å². The van der Waals surface area contributed by atoms with E-state index in [-0.39, 0.29) is 12.2 Å². The van der Waals surface area contributed by atoms with E-state index in [1.807, 2.05) is 0 Å². The van der Waals surface area contributed by atoms with Crippen molar-refractivity contribution in [3.63, 3.8) is 0 Å². The van der Waals surface area contributed by atoms with E-state index >= 15 is 0 Å². The van der Waals surface area contributed by atoms with E-state index in [9.17, 15) is 10.2 Å². The molecule has 0 radical (unpaired) electrons. The highest BCUT2D eigenvalue weighted by Gasteiger charge is 2.25. The predicted molar refractivity (Wildman–Crippen MR) is 64.2 cm³/mol. The maximum Gasteiger partial charge on any atom is 0.0693 e. The number of hydrogen-bond acceptors (Lipinski definition) is 3. The number of aliphatic hydroxyl groups excluding tert-OH is 2. The quantitative estimate of drug-likeness (QED) is 0.683. The van der Waals surface area contributed by atoms with Crippen LogP contribution in [-0.4, -0.2) is 35.0 Å². The second kappa shape index (κ2) is 5.99. The summed E-state index contributed by atoms with van der Waals surface area (Å²) < 4.78 is 0. The Kier molecular flexibility index (Phi) is 4.62. The molecule has 2 fully saturated rings. The van der Waals surface area contributed by atoms with Crippen LogP contribution in [-0.2, 0) is 0 Å². The van der Waals surface area contributed by atoms with Crippen LogP contribution in [0.1, 0.15) is 51.4 Å². The normalized spacial score (nSPS) is 40.9. The van der Waals surface area contributed by atoms with Crippen molar-refractivity contribution in [2.24, 2.45) is 5.92 Å². The zero-order valence-electron chi connectivity index (χ0n) is 10.1. The molecular formula is C13H25NO2. The molecule has 2 saturated carbocycles. The van der Waals surface area contributed by atoms with Gasteiger partial charge in [0.2, 0.25) is 0 Å². The molecule has 0 aliphatic heterocycles. The first-order valence-corrected chi connectivity index (χ1v) is 6.85. The van der Waals surface area contributed by atoms with E-state index in [1.54, 1.807) is 0 Å². The average Bonchev–Trinajstić information content (AvgIpc) is 2.28. The van der Waals surface area contributed by atoms with Gasteiger partial charge in [-0.1, -0.05) is 19.3 Å². The summed E-state index contributed by atoms with van der Waals surface area (Å²) in [6.45, 7) is 0.971. The molecule has 2 aliphatic carbocycles. The van der Waals surface area contributed by atoms with Crippen LogP contribution in [0, 0.1) is 5.92 Å². The summed E-state index contributed by atoms with van der Waals surface area (Å²) in [5.74, 6) is 0.609. The molecule has 3 heteroatoms. The second-order valence-electron chi connectivity index (χ2n) is 5.55. The smallest absolute Gasteiger partial charge is 0.0693 e. The lowest BCUT2D eigenvalue weighted by atomic mass is 9.86. The maximum atomic E-state index is 9.84. The minimum absolute atomic E-state index is 0.0863. The Morgan fingerprint density at radius 1 is 0.938 bits per heavy atom. The standard InChI is InChI=1S/C13H25NO2/c15-11-5-3-4-10(8-11)9-14-12-6-1-2-7-13(12)16/h10-16H,1-9H2/t10?,11?,12-,13-/m0/s1. The number of hydrogen-bond donors (Lipinski definition) is 3. The van der Waals surface area contributed by atoms with E-state index in [0.29, 0.717) is 12.0 Å². The fourth-order valence-electron chi connectivity index (χ4n) is 3.12. The molecule has 2 aliphatic rings. The van der Waals surface area contributed by atoms with Crippen LogP contribution in [0.25, 0.3) is 0 Å². The molecule has 16 heavy (non-hydrogen) atoms. The Bertz CT molecular complexity index is 210. The van der Waals surface area contributed by atoms with Crippen molar-refractivity contribution in [2.75, 3.05) is 6.54 Å². The highest BCUT2D eigenvalue weighted by molar-refractivity contribution is 4.82. The van der Waals surface area contributed by atoms with Gasteiger partial charge in [0.05, 0.1) is 12.2 Å². The summed E-state index contributed by atoms with van der Waals surface area (Å²) in [4.78, 5) is 0. The summed E-state index contributed by atoms with van der Waals surface area (Å²) in [5.41, 5.74) is 0. The van der Waals surface area contributed by atoms with E-state index in [4.69, 9.17) is 0 Å². The Labute approximate surface area is 98.2 Å². The van der Waals surface area contributed by atoms with Gasteiger partial charge in [0.25, 0.3) is 0 Å². The first kappa shape index (κ1) is 12.3. The van der Waals surface area contributed by atoms with Crippen LogP contribution in [0.3, 0.4) is 0 Å². The molecule has 0 bridgehead atoms. The third-order valence-corrected chi connectivity index (χ3v) is 4.15. The third-order valence-electron chi connectivity index (χ3n) is 4.15. The summed E-state index contributed by atoms with van der Waals surface area (Å²) >= 11 is 0. The molecule has 94 valence electrons. The summed E-state index contributed by atoms with van der Waals surface area (Å²) in [6.07, 6.45) is 8.52. The lowest BCUT2D eigenvalue weighted by Crippen LogP contribution is -2.44. The minimum Gasteiger partial charge on any atom is -0.393 e. The van der Waals surface area contributed by atoms with Gasteiger partial charge in [-0.05, 0) is 44.6 Å². The van der Waals surface area contributed by atoms with Crippen molar-refractivity contribution in [1.82, 2.24) is 5.32 Å². The SMILES string of the molecule is OC1CCCC(CN[C@H]2CCCC[C@@H]2O)C1. The van der Waals surface area contributed by atoms with Gasteiger partial charge in [-0.2, -0.15) is 0 Å². The van der Waals surface area contributed by atoms with Crippen molar-refractivity contribution >= 4 is 0 Å². The molecule has 0 aromatic rings. The van der Waals surface area contributed by atoms with E-state index < -0.39 is 0 Å². The maximum absolute atomic E-state index is 9.84. The highest BCUT2D eigenvalue weighted by Crippen LogP contribution is 2.24. The summed E-state index contributed by atoms with van der Waals surface area (Å²) in [6, 6.07) is 0.299. The fraction of sp³-hybridized carbons (Fsp3) is 1.00. The Morgan fingerprint density at radius 2 is 1.75 bits per heavy atom. The topological polar surface area (TPSA) is 52.5 Å². The molecule has 3 N–H and O–H groups in total. The van der Waals surface area contributed by atoms with Gasteiger partial charge in [0.15, 0.2) is 0 Å². The summed E-state index contributed by atoms with van der Waals surface area (Å²) in [5, 5.41) is 22.9. The molecule has 4 atom stereocenters. The monoisotopic (exact) mass is 227 g/mol. The number of rotatable bonds is 3. The summed E-state index contributed by atoms with van der Waals surface area (Å²) in [7, 11) is 0. The molecule has 0 aromatic heterocycles. The van der Waals surface area contributed by atoms with E-state index in [2.05, 4.69) is 5.32 Å². The van der Waals surface area contributed by atoms with Crippen LogP contribution in [0.2, 0.25) is 0 Å². The predicted octanol–water partition coefficient (Wildman–Crippen LogP) is 1.43. The Hall–Kier alpha value is -0.120. The van der Waals surface area contributed by atoms with Crippen LogP contribution in [0.15, 0.2) is 0 Å². The molecule has 2 rings (SSSR count). The van der Waals surface area contributed by atoms with Crippen LogP contribution in [0.4, 0.5) is 0 Å². The highest BCUT2D eigenvalue weighted by atomic mass is 16.3. The van der Waals surface area contributed by atoms with Crippen molar-refractivity contribution in [3.8, 4) is 0 Å². The average molecular weight is 227 g/mol. The van der Waals surface area contributed by atoms with Crippen molar-refractivity contribution in [2.45, 2.75) is 69.6 Å². The molecule has 3 nitrogen and oxygen atoms in total. The minimum atomic E-state index is -0.151. The van der Waals surface area contributed by atoms with Crippen LogP contribution >= 0.6 is 0 Å². The third kappa shape index (κ3) is 3.44. The van der Waals surface area contributed by atoms with Crippen LogP contribution < -0.4 is 5.32 Å². The zero-order valence-corrected chi connectivity index (χ0v) is 10.1. The molecule has 0 saturated heterocycles. The molecule has 0 heterocycles.